The van der Waals surface area contributed by atoms with E-state index in [9.17, 15) is 4.79 Å². The Kier molecular flexibility index (Phi) is 4.53. The van der Waals surface area contributed by atoms with Crippen LogP contribution in [0.2, 0.25) is 0 Å². The quantitative estimate of drug-likeness (QED) is 0.655. The summed E-state index contributed by atoms with van der Waals surface area (Å²) in [6.07, 6.45) is 0. The number of thiophene rings is 1. The summed E-state index contributed by atoms with van der Waals surface area (Å²) in [5.74, 6) is -0.382. The van der Waals surface area contributed by atoms with Crippen LogP contribution in [0.3, 0.4) is 0 Å². The largest absolute Gasteiger partial charge is 0.465 e. The van der Waals surface area contributed by atoms with Gasteiger partial charge in [-0.25, -0.2) is 4.79 Å². The maximum absolute atomic E-state index is 11.5. The van der Waals surface area contributed by atoms with Gasteiger partial charge in [-0.2, -0.15) is 0 Å². The van der Waals surface area contributed by atoms with E-state index in [2.05, 4.69) is 41.4 Å². The second kappa shape index (κ2) is 6.18. The molecule has 112 valence electrons. The van der Waals surface area contributed by atoms with Crippen molar-refractivity contribution in [2.24, 2.45) is 0 Å². The number of benzene rings is 1. The lowest BCUT2D eigenvalue weighted by molar-refractivity contribution is 0.0601. The number of methoxy groups -OCH3 is 1. The number of nitrogen functional groups attached to an aromatic ring is 1. The van der Waals surface area contributed by atoms with Crippen molar-refractivity contribution in [2.45, 2.75) is 19.3 Å². The first-order valence-electron chi connectivity index (χ1n) is 6.70. The number of hydrogen-bond donors (Lipinski definition) is 2. The van der Waals surface area contributed by atoms with Crippen LogP contribution in [0.15, 0.2) is 35.7 Å². The number of carbonyl (C=O) groups is 1. The van der Waals surface area contributed by atoms with Crippen molar-refractivity contribution >= 4 is 28.7 Å². The molecule has 0 spiro atoms. The molecular weight excluding hydrogens is 284 g/mol. The van der Waals surface area contributed by atoms with Gasteiger partial charge in [0, 0.05) is 16.8 Å². The molecule has 0 aliphatic heterocycles. The maximum atomic E-state index is 11.5. The van der Waals surface area contributed by atoms with Gasteiger partial charge in [-0.05, 0) is 29.6 Å². The van der Waals surface area contributed by atoms with Crippen molar-refractivity contribution in [3.8, 4) is 0 Å². The van der Waals surface area contributed by atoms with Crippen LogP contribution in [0.1, 0.15) is 29.1 Å². The number of nitrogens with one attached hydrogen (secondary N) is 1. The fraction of sp³-hybridized carbons (Fsp3) is 0.312. The fourth-order valence-electron chi connectivity index (χ4n) is 2.04. The Morgan fingerprint density at radius 2 is 2.14 bits per heavy atom. The number of carbonyl (C=O) groups excluding carboxylic acids is 1. The fourth-order valence-corrected chi connectivity index (χ4v) is 2.89. The highest BCUT2D eigenvalue weighted by Gasteiger charge is 2.21. The third-order valence-corrected chi connectivity index (χ3v) is 4.62. The molecule has 0 bridgehead atoms. The zero-order chi connectivity index (χ0) is 15.5. The second-order valence-electron chi connectivity index (χ2n) is 5.51. The summed E-state index contributed by atoms with van der Waals surface area (Å²) in [7, 11) is 1.36. The Labute approximate surface area is 128 Å². The van der Waals surface area contributed by atoms with E-state index in [4.69, 9.17) is 5.73 Å². The molecule has 2 aromatic rings. The lowest BCUT2D eigenvalue weighted by atomic mass is 9.91. The minimum absolute atomic E-state index is 0.0155. The van der Waals surface area contributed by atoms with Gasteiger partial charge in [0.25, 0.3) is 0 Å². The number of hydrogen-bond acceptors (Lipinski definition) is 5. The summed E-state index contributed by atoms with van der Waals surface area (Å²) in [4.78, 5) is 12.8. The van der Waals surface area contributed by atoms with Gasteiger partial charge in [0.15, 0.2) is 0 Å². The van der Waals surface area contributed by atoms with Crippen LogP contribution in [0.4, 0.5) is 11.4 Å². The van der Waals surface area contributed by atoms with Gasteiger partial charge in [0.2, 0.25) is 0 Å². The van der Waals surface area contributed by atoms with Crippen LogP contribution >= 0.6 is 11.3 Å². The van der Waals surface area contributed by atoms with E-state index in [1.165, 1.54) is 12.0 Å². The first kappa shape index (κ1) is 15.4. The van der Waals surface area contributed by atoms with Gasteiger partial charge in [-0.15, -0.1) is 11.3 Å². The highest BCUT2D eigenvalue weighted by molar-refractivity contribution is 7.10. The Hall–Kier alpha value is -2.01. The highest BCUT2D eigenvalue weighted by Crippen LogP contribution is 2.29. The molecule has 5 heteroatoms. The lowest BCUT2D eigenvalue weighted by Gasteiger charge is -2.24. The van der Waals surface area contributed by atoms with Crippen LogP contribution in [0.5, 0.6) is 0 Å². The Balaban J connectivity index is 2.09. The molecule has 0 aliphatic rings. The zero-order valence-corrected chi connectivity index (χ0v) is 13.3. The standard InChI is InChI=1S/C16H20N2O2S/c1-16(2,14-5-4-8-21-14)10-18-13-7-6-11(9-12(13)17)15(19)20-3/h4-9,18H,10,17H2,1-3H3. The van der Waals surface area contributed by atoms with E-state index in [0.717, 1.165) is 12.2 Å². The Morgan fingerprint density at radius 3 is 2.71 bits per heavy atom. The first-order valence-corrected chi connectivity index (χ1v) is 7.58. The SMILES string of the molecule is COC(=O)c1ccc(NCC(C)(C)c2cccs2)c(N)c1. The normalized spacial score (nSPS) is 11.2. The number of ether oxygens (including phenoxy) is 1. The molecule has 0 unspecified atom stereocenters. The van der Waals surface area contributed by atoms with Gasteiger partial charge in [-0.3, -0.25) is 0 Å². The first-order chi connectivity index (χ1) is 9.94. The summed E-state index contributed by atoms with van der Waals surface area (Å²) in [5.41, 5.74) is 7.83. The third-order valence-electron chi connectivity index (χ3n) is 3.38. The zero-order valence-electron chi connectivity index (χ0n) is 12.5. The minimum Gasteiger partial charge on any atom is -0.465 e. The maximum Gasteiger partial charge on any atom is 0.337 e. The molecule has 0 fully saturated rings. The molecule has 0 amide bonds. The van der Waals surface area contributed by atoms with Crippen molar-refractivity contribution < 1.29 is 9.53 Å². The second-order valence-corrected chi connectivity index (χ2v) is 6.46. The molecule has 3 N–H and O–H groups in total. The van der Waals surface area contributed by atoms with E-state index in [-0.39, 0.29) is 11.4 Å². The smallest absolute Gasteiger partial charge is 0.337 e. The van der Waals surface area contributed by atoms with E-state index in [1.54, 1.807) is 23.5 Å². The van der Waals surface area contributed by atoms with Gasteiger partial charge in [0.1, 0.15) is 0 Å². The summed E-state index contributed by atoms with van der Waals surface area (Å²) in [6, 6.07) is 9.35. The van der Waals surface area contributed by atoms with Gasteiger partial charge >= 0.3 is 5.97 Å². The number of esters is 1. The van der Waals surface area contributed by atoms with Crippen molar-refractivity contribution in [3.05, 3.63) is 46.2 Å². The summed E-state index contributed by atoms with van der Waals surface area (Å²) >= 11 is 1.75. The number of rotatable bonds is 5. The Bertz CT molecular complexity index is 621. The number of nitrogens with two attached hydrogens (primary N) is 1. The topological polar surface area (TPSA) is 64.3 Å². The van der Waals surface area contributed by atoms with E-state index in [1.807, 2.05) is 6.07 Å². The predicted octanol–water partition coefficient (Wildman–Crippen LogP) is 3.51. The molecule has 1 heterocycles. The molecule has 0 saturated heterocycles. The average Bonchev–Trinajstić information content (AvgIpc) is 3.00. The minimum atomic E-state index is -0.382. The average molecular weight is 304 g/mol. The van der Waals surface area contributed by atoms with Gasteiger partial charge < -0.3 is 15.8 Å². The van der Waals surface area contributed by atoms with Crippen LogP contribution in [0.25, 0.3) is 0 Å². The van der Waals surface area contributed by atoms with Crippen LogP contribution in [-0.4, -0.2) is 19.6 Å². The molecule has 1 aromatic heterocycles. The molecule has 2 rings (SSSR count). The van der Waals surface area contributed by atoms with Crippen LogP contribution in [0, 0.1) is 0 Å². The monoisotopic (exact) mass is 304 g/mol. The molecule has 0 aliphatic carbocycles. The molecular formula is C16H20N2O2S. The molecule has 0 radical (unpaired) electrons. The molecule has 0 saturated carbocycles. The van der Waals surface area contributed by atoms with Gasteiger partial charge in [0.05, 0.1) is 24.0 Å². The van der Waals surface area contributed by atoms with Crippen LogP contribution < -0.4 is 11.1 Å². The summed E-state index contributed by atoms with van der Waals surface area (Å²) in [6.45, 7) is 5.13. The predicted molar refractivity (Wildman–Crippen MR) is 88.0 cm³/mol. The van der Waals surface area contributed by atoms with Crippen molar-refractivity contribution in [3.63, 3.8) is 0 Å². The third kappa shape index (κ3) is 3.55. The van der Waals surface area contributed by atoms with E-state index < -0.39 is 0 Å². The van der Waals surface area contributed by atoms with Crippen molar-refractivity contribution in [1.82, 2.24) is 0 Å². The van der Waals surface area contributed by atoms with Crippen molar-refractivity contribution in [2.75, 3.05) is 24.7 Å². The number of anilines is 2. The summed E-state index contributed by atoms with van der Waals surface area (Å²) < 4.78 is 4.68. The Morgan fingerprint density at radius 1 is 1.38 bits per heavy atom. The molecule has 4 nitrogen and oxygen atoms in total. The van der Waals surface area contributed by atoms with Crippen LogP contribution in [-0.2, 0) is 10.2 Å². The lowest BCUT2D eigenvalue weighted by Crippen LogP contribution is -2.26. The molecule has 1 aromatic carbocycles. The van der Waals surface area contributed by atoms with E-state index in [0.29, 0.717) is 11.3 Å². The summed E-state index contributed by atoms with van der Waals surface area (Å²) in [5, 5.41) is 5.44. The van der Waals surface area contributed by atoms with E-state index >= 15 is 0 Å². The van der Waals surface area contributed by atoms with Crippen molar-refractivity contribution in [1.29, 1.82) is 0 Å². The molecule has 0 atom stereocenters. The van der Waals surface area contributed by atoms with Gasteiger partial charge in [-0.1, -0.05) is 19.9 Å². The highest BCUT2D eigenvalue weighted by atomic mass is 32.1. The molecule has 21 heavy (non-hydrogen) atoms.